The first-order chi connectivity index (χ1) is 10.5. The van der Waals surface area contributed by atoms with Crippen LogP contribution in [0.2, 0.25) is 0 Å². The maximum Gasteiger partial charge on any atom is 0.306 e. The van der Waals surface area contributed by atoms with Crippen molar-refractivity contribution in [3.05, 3.63) is 35.4 Å². The van der Waals surface area contributed by atoms with Crippen molar-refractivity contribution in [3.63, 3.8) is 0 Å². The van der Waals surface area contributed by atoms with Gasteiger partial charge in [0.25, 0.3) is 0 Å². The van der Waals surface area contributed by atoms with Crippen LogP contribution in [0.1, 0.15) is 42.6 Å². The van der Waals surface area contributed by atoms with Crippen molar-refractivity contribution in [3.8, 4) is 11.8 Å². The molecule has 116 valence electrons. The Labute approximate surface area is 130 Å². The molecule has 5 nitrogen and oxygen atoms in total. The van der Waals surface area contributed by atoms with E-state index >= 15 is 0 Å². The number of benzene rings is 1. The summed E-state index contributed by atoms with van der Waals surface area (Å²) < 4.78 is 4.78. The number of carbonyl (C=O) groups excluding carboxylic acids is 3. The zero-order chi connectivity index (χ0) is 16.4. The van der Waals surface area contributed by atoms with E-state index in [0.29, 0.717) is 12.2 Å². The number of amides is 1. The lowest BCUT2D eigenvalue weighted by Gasteiger charge is -2.02. The number of hydrogen-bond acceptors (Lipinski definition) is 4. The van der Waals surface area contributed by atoms with Gasteiger partial charge < -0.3 is 10.1 Å². The second-order valence-electron chi connectivity index (χ2n) is 4.52. The minimum atomic E-state index is -0.365. The quantitative estimate of drug-likeness (QED) is 0.493. The molecule has 0 spiro atoms. The number of rotatable bonds is 6. The highest BCUT2D eigenvalue weighted by Crippen LogP contribution is 2.08. The van der Waals surface area contributed by atoms with Gasteiger partial charge in [0.1, 0.15) is 0 Å². The molecule has 0 unspecified atom stereocenters. The highest BCUT2D eigenvalue weighted by Gasteiger charge is 2.09. The first-order valence-electron chi connectivity index (χ1n) is 7.05. The van der Waals surface area contributed by atoms with Gasteiger partial charge in [0.2, 0.25) is 5.91 Å². The number of nitrogens with one attached hydrogen (secondary N) is 1. The first kappa shape index (κ1) is 17.4. The molecule has 1 rings (SSSR count). The molecule has 0 fully saturated rings. The molecule has 1 aromatic carbocycles. The molecule has 0 aliphatic rings. The Morgan fingerprint density at radius 1 is 1.14 bits per heavy atom. The van der Waals surface area contributed by atoms with E-state index < -0.39 is 0 Å². The lowest BCUT2D eigenvalue weighted by atomic mass is 10.0. The zero-order valence-corrected chi connectivity index (χ0v) is 12.8. The van der Waals surface area contributed by atoms with Gasteiger partial charge in [-0.2, -0.15) is 0 Å². The minimum absolute atomic E-state index is 0.0882. The average molecular weight is 301 g/mol. The fraction of sp³-hybridized carbons (Fsp3) is 0.353. The summed E-state index contributed by atoms with van der Waals surface area (Å²) in [6, 6.07) is 6.82. The van der Waals surface area contributed by atoms with Gasteiger partial charge in [-0.3, -0.25) is 14.4 Å². The monoisotopic (exact) mass is 301 g/mol. The number of ether oxygens (including phenoxy) is 1. The van der Waals surface area contributed by atoms with Crippen LogP contribution < -0.4 is 5.32 Å². The minimum Gasteiger partial charge on any atom is -0.466 e. The second kappa shape index (κ2) is 9.35. The van der Waals surface area contributed by atoms with Crippen molar-refractivity contribution in [2.75, 3.05) is 13.2 Å². The molecule has 0 aliphatic heterocycles. The van der Waals surface area contributed by atoms with E-state index in [1.54, 1.807) is 31.2 Å². The van der Waals surface area contributed by atoms with Crippen LogP contribution in [0.3, 0.4) is 0 Å². The zero-order valence-electron chi connectivity index (χ0n) is 12.8. The van der Waals surface area contributed by atoms with Crippen molar-refractivity contribution in [1.82, 2.24) is 5.32 Å². The molecule has 1 aromatic rings. The number of esters is 1. The molecular formula is C17H19NO4. The van der Waals surface area contributed by atoms with E-state index in [2.05, 4.69) is 17.2 Å². The summed E-state index contributed by atoms with van der Waals surface area (Å²) in [5.74, 6) is 5.09. The van der Waals surface area contributed by atoms with Gasteiger partial charge in [0.05, 0.1) is 19.6 Å². The van der Waals surface area contributed by atoms with E-state index in [0.717, 1.165) is 5.56 Å². The van der Waals surface area contributed by atoms with Crippen molar-refractivity contribution in [1.29, 1.82) is 0 Å². The van der Waals surface area contributed by atoms with Gasteiger partial charge >= 0.3 is 5.97 Å². The molecule has 0 aliphatic carbocycles. The second-order valence-corrected chi connectivity index (χ2v) is 4.52. The Kier molecular flexibility index (Phi) is 7.41. The molecular weight excluding hydrogens is 282 g/mol. The summed E-state index contributed by atoms with van der Waals surface area (Å²) in [6.07, 6.45) is 0.220. The van der Waals surface area contributed by atoms with E-state index in [1.165, 1.54) is 6.92 Å². The van der Waals surface area contributed by atoms with Crippen molar-refractivity contribution in [2.24, 2.45) is 0 Å². The number of ketones is 1. The topological polar surface area (TPSA) is 72.5 Å². The van der Waals surface area contributed by atoms with Crippen LogP contribution in [0, 0.1) is 11.8 Å². The third kappa shape index (κ3) is 6.71. The maximum absolute atomic E-state index is 11.9. The third-order valence-electron chi connectivity index (χ3n) is 2.73. The largest absolute Gasteiger partial charge is 0.466 e. The SMILES string of the molecule is CCOC(=O)CCC(=O)c1ccc(C#CCNC(C)=O)cc1. The van der Waals surface area contributed by atoms with E-state index in [9.17, 15) is 14.4 Å². The Morgan fingerprint density at radius 3 is 2.41 bits per heavy atom. The van der Waals surface area contributed by atoms with Crippen molar-refractivity contribution < 1.29 is 19.1 Å². The molecule has 22 heavy (non-hydrogen) atoms. The summed E-state index contributed by atoms with van der Waals surface area (Å²) in [6.45, 7) is 3.76. The number of hydrogen-bond donors (Lipinski definition) is 1. The van der Waals surface area contributed by atoms with Crippen LogP contribution in [0.4, 0.5) is 0 Å². The van der Waals surface area contributed by atoms with Crippen LogP contribution in [0.25, 0.3) is 0 Å². The highest BCUT2D eigenvalue weighted by molar-refractivity contribution is 5.97. The average Bonchev–Trinajstić information content (AvgIpc) is 2.50. The summed E-state index contributed by atoms with van der Waals surface area (Å²) in [5, 5.41) is 2.57. The Bertz CT molecular complexity index is 593. The molecule has 0 atom stereocenters. The Hall–Kier alpha value is -2.61. The van der Waals surface area contributed by atoms with E-state index in [1.807, 2.05) is 0 Å². The summed E-state index contributed by atoms with van der Waals surface area (Å²) in [4.78, 5) is 33.8. The molecule has 0 aromatic heterocycles. The number of Topliss-reactive ketones (excluding diaryl/α,β-unsaturated/α-hetero) is 1. The van der Waals surface area contributed by atoms with Crippen molar-refractivity contribution in [2.45, 2.75) is 26.7 Å². The van der Waals surface area contributed by atoms with Gasteiger partial charge in [-0.1, -0.05) is 24.0 Å². The summed E-state index contributed by atoms with van der Waals surface area (Å²) in [7, 11) is 0. The fourth-order valence-electron chi connectivity index (χ4n) is 1.65. The predicted molar refractivity (Wildman–Crippen MR) is 82.2 cm³/mol. The number of carbonyl (C=O) groups is 3. The Balaban J connectivity index is 2.51. The smallest absolute Gasteiger partial charge is 0.306 e. The summed E-state index contributed by atoms with van der Waals surface area (Å²) >= 11 is 0. The molecule has 0 radical (unpaired) electrons. The molecule has 0 saturated carbocycles. The molecule has 1 N–H and O–H groups in total. The first-order valence-corrected chi connectivity index (χ1v) is 7.05. The van der Waals surface area contributed by atoms with Crippen LogP contribution in [0.5, 0.6) is 0 Å². The van der Waals surface area contributed by atoms with Crippen LogP contribution in [-0.4, -0.2) is 30.8 Å². The van der Waals surface area contributed by atoms with Crippen molar-refractivity contribution >= 4 is 17.7 Å². The molecule has 1 amide bonds. The van der Waals surface area contributed by atoms with Gasteiger partial charge in [0.15, 0.2) is 5.78 Å². The van der Waals surface area contributed by atoms with Gasteiger partial charge in [-0.25, -0.2) is 0 Å². The molecule has 0 bridgehead atoms. The molecule has 0 heterocycles. The van der Waals surface area contributed by atoms with E-state index in [4.69, 9.17) is 4.74 Å². The predicted octanol–water partition coefficient (Wildman–Crippen LogP) is 1.70. The molecule has 0 saturated heterocycles. The summed E-state index contributed by atoms with van der Waals surface area (Å²) in [5.41, 5.74) is 1.30. The standard InChI is InChI=1S/C17H19NO4/c1-3-22-17(21)11-10-16(20)15-8-6-14(7-9-15)5-4-12-18-13(2)19/h6-9H,3,10-12H2,1-2H3,(H,18,19). The van der Waals surface area contributed by atoms with Crippen LogP contribution >= 0.6 is 0 Å². The van der Waals surface area contributed by atoms with Crippen LogP contribution in [-0.2, 0) is 14.3 Å². The maximum atomic E-state index is 11.9. The van der Waals surface area contributed by atoms with Gasteiger partial charge in [0, 0.05) is 24.5 Å². The Morgan fingerprint density at radius 2 is 1.82 bits per heavy atom. The van der Waals surface area contributed by atoms with Gasteiger partial charge in [-0.15, -0.1) is 0 Å². The lowest BCUT2D eigenvalue weighted by molar-refractivity contribution is -0.143. The highest BCUT2D eigenvalue weighted by atomic mass is 16.5. The normalized spacial score (nSPS) is 9.36. The van der Waals surface area contributed by atoms with E-state index in [-0.39, 0.29) is 37.0 Å². The lowest BCUT2D eigenvalue weighted by Crippen LogP contribution is -2.19. The third-order valence-corrected chi connectivity index (χ3v) is 2.73. The fourth-order valence-corrected chi connectivity index (χ4v) is 1.65. The van der Waals surface area contributed by atoms with Crippen LogP contribution in [0.15, 0.2) is 24.3 Å². The molecule has 5 heteroatoms. The van der Waals surface area contributed by atoms with Gasteiger partial charge in [-0.05, 0) is 19.1 Å².